The van der Waals surface area contributed by atoms with Crippen LogP contribution in [0.15, 0.2) is 0 Å². The van der Waals surface area contributed by atoms with Gasteiger partial charge in [0.25, 0.3) is 0 Å². The Morgan fingerprint density at radius 2 is 2.08 bits per heavy atom. The maximum absolute atomic E-state index is 5.89. The van der Waals surface area contributed by atoms with E-state index in [4.69, 9.17) is 5.73 Å². The lowest BCUT2D eigenvalue weighted by molar-refractivity contribution is 0.557. The first kappa shape index (κ1) is 8.63. The van der Waals surface area contributed by atoms with E-state index in [0.29, 0.717) is 6.04 Å². The summed E-state index contributed by atoms with van der Waals surface area (Å²) >= 11 is 0. The molecular weight excluding hydrogens is 162 g/mol. The highest BCUT2D eigenvalue weighted by Gasteiger charge is 2.18. The summed E-state index contributed by atoms with van der Waals surface area (Å²) in [5, 5.41) is 0. The van der Waals surface area contributed by atoms with Crippen LogP contribution in [0.2, 0.25) is 0 Å². The van der Waals surface area contributed by atoms with Crippen molar-refractivity contribution >= 4 is 0 Å². The van der Waals surface area contributed by atoms with E-state index in [9.17, 15) is 0 Å². The predicted molar refractivity (Wildman–Crippen MR) is 51.5 cm³/mol. The summed E-state index contributed by atoms with van der Waals surface area (Å²) in [5.74, 6) is 0.866. The van der Waals surface area contributed by atoms with Gasteiger partial charge in [0.1, 0.15) is 5.82 Å². The molecule has 0 radical (unpaired) electrons. The highest BCUT2D eigenvalue weighted by atomic mass is 14.9. The van der Waals surface area contributed by atoms with Crippen LogP contribution in [-0.4, -0.2) is 16.0 Å². The summed E-state index contributed by atoms with van der Waals surface area (Å²) in [4.78, 5) is 8.79. The van der Waals surface area contributed by atoms with Gasteiger partial charge in [-0.05, 0) is 32.3 Å². The van der Waals surface area contributed by atoms with E-state index in [0.717, 1.165) is 30.8 Å². The lowest BCUT2D eigenvalue weighted by atomic mass is 9.91. The molecule has 1 aliphatic rings. The molecule has 1 atom stereocenters. The SMILES string of the molecule is Cc1nc(C)c2c(n1)CC(N)CC2. The molecule has 1 aliphatic carbocycles. The summed E-state index contributed by atoms with van der Waals surface area (Å²) < 4.78 is 0. The highest BCUT2D eigenvalue weighted by Crippen LogP contribution is 2.20. The standard InChI is InChI=1S/C10H15N3/c1-6-9-4-3-8(11)5-10(9)13-7(2)12-6/h8H,3-5,11H2,1-2H3. The molecule has 1 unspecified atom stereocenters. The summed E-state index contributed by atoms with van der Waals surface area (Å²) in [7, 11) is 0. The average Bonchev–Trinajstić information content (AvgIpc) is 2.02. The highest BCUT2D eigenvalue weighted by molar-refractivity contribution is 5.28. The van der Waals surface area contributed by atoms with Crippen LogP contribution in [0.3, 0.4) is 0 Å². The zero-order valence-electron chi connectivity index (χ0n) is 8.17. The fraction of sp³-hybridized carbons (Fsp3) is 0.600. The average molecular weight is 177 g/mol. The Hall–Kier alpha value is -0.960. The van der Waals surface area contributed by atoms with Crippen LogP contribution in [0.1, 0.15) is 29.2 Å². The van der Waals surface area contributed by atoms with Crippen LogP contribution in [0.4, 0.5) is 0 Å². The normalized spacial score (nSPS) is 21.3. The van der Waals surface area contributed by atoms with Crippen LogP contribution in [0.25, 0.3) is 0 Å². The van der Waals surface area contributed by atoms with Gasteiger partial charge < -0.3 is 5.73 Å². The fourth-order valence-corrected chi connectivity index (χ4v) is 1.98. The molecule has 3 heteroatoms. The summed E-state index contributed by atoms with van der Waals surface area (Å²) in [6.45, 7) is 4.00. The second kappa shape index (κ2) is 3.07. The van der Waals surface area contributed by atoms with Crippen LogP contribution < -0.4 is 5.73 Å². The second-order valence-corrected chi connectivity index (χ2v) is 3.78. The predicted octanol–water partition coefficient (Wildman–Crippen LogP) is 0.909. The summed E-state index contributed by atoms with van der Waals surface area (Å²) in [6.07, 6.45) is 3.03. The molecule has 0 amide bonds. The third-order valence-corrected chi connectivity index (χ3v) is 2.63. The summed E-state index contributed by atoms with van der Waals surface area (Å²) in [6, 6.07) is 0.293. The topological polar surface area (TPSA) is 51.8 Å². The maximum Gasteiger partial charge on any atom is 0.125 e. The molecule has 0 spiro atoms. The Labute approximate surface area is 78.4 Å². The van der Waals surface area contributed by atoms with Crippen molar-refractivity contribution in [1.29, 1.82) is 0 Å². The van der Waals surface area contributed by atoms with E-state index in [2.05, 4.69) is 16.9 Å². The molecule has 70 valence electrons. The minimum atomic E-state index is 0.293. The van der Waals surface area contributed by atoms with Gasteiger partial charge in [0.2, 0.25) is 0 Å². The number of nitrogens with zero attached hydrogens (tertiary/aromatic N) is 2. The molecule has 0 saturated carbocycles. The van der Waals surface area contributed by atoms with E-state index >= 15 is 0 Å². The number of rotatable bonds is 0. The Kier molecular flexibility index (Phi) is 2.04. The molecule has 0 bridgehead atoms. The minimum Gasteiger partial charge on any atom is -0.327 e. The van der Waals surface area contributed by atoms with Gasteiger partial charge in [0.15, 0.2) is 0 Å². The molecule has 0 aliphatic heterocycles. The minimum absolute atomic E-state index is 0.293. The number of nitrogens with two attached hydrogens (primary N) is 1. The van der Waals surface area contributed by atoms with Gasteiger partial charge in [0.05, 0.1) is 0 Å². The Morgan fingerprint density at radius 3 is 2.85 bits per heavy atom. The number of aryl methyl sites for hydroxylation is 2. The fourth-order valence-electron chi connectivity index (χ4n) is 1.98. The van der Waals surface area contributed by atoms with Crippen molar-refractivity contribution < 1.29 is 0 Å². The van der Waals surface area contributed by atoms with Crippen LogP contribution in [-0.2, 0) is 12.8 Å². The van der Waals surface area contributed by atoms with Gasteiger partial charge in [0, 0.05) is 23.9 Å². The zero-order valence-corrected chi connectivity index (χ0v) is 8.17. The van der Waals surface area contributed by atoms with Crippen molar-refractivity contribution in [1.82, 2.24) is 9.97 Å². The molecule has 1 aromatic rings. The molecular formula is C10H15N3. The largest absolute Gasteiger partial charge is 0.327 e. The molecule has 0 saturated heterocycles. The zero-order chi connectivity index (χ0) is 9.42. The Morgan fingerprint density at radius 1 is 1.31 bits per heavy atom. The molecule has 2 rings (SSSR count). The molecule has 13 heavy (non-hydrogen) atoms. The Bertz CT molecular complexity index is 333. The smallest absolute Gasteiger partial charge is 0.125 e. The van der Waals surface area contributed by atoms with E-state index in [1.165, 1.54) is 11.3 Å². The van der Waals surface area contributed by atoms with E-state index in [1.807, 2.05) is 6.92 Å². The van der Waals surface area contributed by atoms with Crippen molar-refractivity contribution in [2.24, 2.45) is 5.73 Å². The van der Waals surface area contributed by atoms with Crippen LogP contribution >= 0.6 is 0 Å². The second-order valence-electron chi connectivity index (χ2n) is 3.78. The Balaban J connectivity index is 2.47. The van der Waals surface area contributed by atoms with E-state index < -0.39 is 0 Å². The first-order valence-corrected chi connectivity index (χ1v) is 4.75. The van der Waals surface area contributed by atoms with Gasteiger partial charge in [-0.2, -0.15) is 0 Å². The third-order valence-electron chi connectivity index (χ3n) is 2.63. The lowest BCUT2D eigenvalue weighted by Crippen LogP contribution is -2.29. The molecule has 0 fully saturated rings. The molecule has 0 aromatic carbocycles. The quantitative estimate of drug-likeness (QED) is 0.641. The van der Waals surface area contributed by atoms with Gasteiger partial charge in [-0.3, -0.25) is 0 Å². The van der Waals surface area contributed by atoms with Crippen molar-refractivity contribution in [3.63, 3.8) is 0 Å². The number of hydrogen-bond acceptors (Lipinski definition) is 3. The number of hydrogen-bond donors (Lipinski definition) is 1. The number of fused-ring (bicyclic) bond motifs is 1. The van der Waals surface area contributed by atoms with Crippen molar-refractivity contribution in [2.75, 3.05) is 0 Å². The van der Waals surface area contributed by atoms with Gasteiger partial charge in [-0.25, -0.2) is 9.97 Å². The molecule has 3 nitrogen and oxygen atoms in total. The van der Waals surface area contributed by atoms with Gasteiger partial charge in [-0.1, -0.05) is 0 Å². The third kappa shape index (κ3) is 1.56. The van der Waals surface area contributed by atoms with Crippen LogP contribution in [0, 0.1) is 13.8 Å². The van der Waals surface area contributed by atoms with E-state index in [-0.39, 0.29) is 0 Å². The van der Waals surface area contributed by atoms with Crippen molar-refractivity contribution in [3.8, 4) is 0 Å². The van der Waals surface area contributed by atoms with Crippen LogP contribution in [0.5, 0.6) is 0 Å². The summed E-state index contributed by atoms with van der Waals surface area (Å²) in [5.41, 5.74) is 9.52. The van der Waals surface area contributed by atoms with Crippen molar-refractivity contribution in [2.45, 2.75) is 39.2 Å². The molecule has 1 aromatic heterocycles. The first-order chi connectivity index (χ1) is 6.16. The van der Waals surface area contributed by atoms with Crippen molar-refractivity contribution in [3.05, 3.63) is 22.8 Å². The molecule has 1 heterocycles. The monoisotopic (exact) mass is 177 g/mol. The van der Waals surface area contributed by atoms with E-state index in [1.54, 1.807) is 0 Å². The van der Waals surface area contributed by atoms with Gasteiger partial charge in [-0.15, -0.1) is 0 Å². The molecule has 2 N–H and O–H groups in total. The lowest BCUT2D eigenvalue weighted by Gasteiger charge is -2.21. The first-order valence-electron chi connectivity index (χ1n) is 4.75. The van der Waals surface area contributed by atoms with Gasteiger partial charge >= 0.3 is 0 Å². The maximum atomic E-state index is 5.89. The number of aromatic nitrogens is 2.